The van der Waals surface area contributed by atoms with E-state index in [1.807, 2.05) is 0 Å². The third-order valence-electron chi connectivity index (χ3n) is 5.54. The standard InChI is InChI=1S/C25H16BrF3N2O5S/c1-13-21(17-12-16(26)8-10-18(17)30-22(13)14-5-3-2-4-6-14)23(32)31-19-9-7-15(24(33)34)11-20(19)37(35,36)25(27,28)29/h2-12H,1H3,(H,31,32)(H,33,34). The fourth-order valence-corrected chi connectivity index (χ4v) is 5.09. The second kappa shape index (κ2) is 9.60. The summed E-state index contributed by atoms with van der Waals surface area (Å²) in [4.78, 5) is 28.1. The monoisotopic (exact) mass is 592 g/mol. The fourth-order valence-electron chi connectivity index (χ4n) is 3.79. The van der Waals surface area contributed by atoms with E-state index in [9.17, 15) is 36.3 Å². The molecule has 0 spiro atoms. The number of sulfone groups is 1. The average Bonchev–Trinajstić information content (AvgIpc) is 2.83. The third-order valence-corrected chi connectivity index (χ3v) is 7.56. The lowest BCUT2D eigenvalue weighted by atomic mass is 9.97. The van der Waals surface area contributed by atoms with Gasteiger partial charge in [0.1, 0.15) is 4.90 Å². The molecule has 0 atom stereocenters. The molecule has 4 aromatic rings. The van der Waals surface area contributed by atoms with E-state index in [1.165, 1.54) is 0 Å². The summed E-state index contributed by atoms with van der Waals surface area (Å²) >= 11 is 3.33. The summed E-state index contributed by atoms with van der Waals surface area (Å²) in [6.45, 7) is 1.62. The minimum absolute atomic E-state index is 0.0582. The van der Waals surface area contributed by atoms with Gasteiger partial charge in [-0.1, -0.05) is 46.3 Å². The van der Waals surface area contributed by atoms with Gasteiger partial charge in [-0.25, -0.2) is 18.2 Å². The van der Waals surface area contributed by atoms with Crippen LogP contribution in [-0.4, -0.2) is 35.9 Å². The second-order valence-corrected chi connectivity index (χ2v) is 10.7. The van der Waals surface area contributed by atoms with Gasteiger partial charge in [0.15, 0.2) is 0 Å². The topological polar surface area (TPSA) is 113 Å². The normalized spacial score (nSPS) is 11.9. The smallest absolute Gasteiger partial charge is 0.478 e. The maximum absolute atomic E-state index is 13.5. The number of alkyl halides is 3. The van der Waals surface area contributed by atoms with E-state index < -0.39 is 43.4 Å². The quantitative estimate of drug-likeness (QED) is 0.284. The van der Waals surface area contributed by atoms with Gasteiger partial charge in [0.05, 0.1) is 28.0 Å². The van der Waals surface area contributed by atoms with E-state index in [0.29, 0.717) is 38.3 Å². The van der Waals surface area contributed by atoms with E-state index in [2.05, 4.69) is 26.2 Å². The van der Waals surface area contributed by atoms with Crippen molar-refractivity contribution in [3.8, 4) is 11.3 Å². The predicted octanol–water partition coefficient (Wildman–Crippen LogP) is 6.22. The highest BCUT2D eigenvalue weighted by Crippen LogP contribution is 2.36. The first-order chi connectivity index (χ1) is 17.3. The number of hydrogen-bond donors (Lipinski definition) is 2. The highest BCUT2D eigenvalue weighted by atomic mass is 79.9. The number of anilines is 1. The molecule has 0 aliphatic carbocycles. The number of aromatic nitrogens is 1. The third kappa shape index (κ3) is 4.94. The molecule has 7 nitrogen and oxygen atoms in total. The zero-order valence-corrected chi connectivity index (χ0v) is 21.2. The first kappa shape index (κ1) is 26.3. The number of benzene rings is 3. The van der Waals surface area contributed by atoms with Gasteiger partial charge in [0, 0.05) is 15.4 Å². The first-order valence-electron chi connectivity index (χ1n) is 10.5. The first-order valence-corrected chi connectivity index (χ1v) is 12.7. The maximum Gasteiger partial charge on any atom is 0.501 e. The minimum atomic E-state index is -6.00. The lowest BCUT2D eigenvalue weighted by Crippen LogP contribution is -2.26. The molecule has 1 aromatic heterocycles. The molecule has 0 saturated heterocycles. The molecule has 37 heavy (non-hydrogen) atoms. The number of carboxylic acid groups (broad SMARTS) is 1. The molecule has 2 N–H and O–H groups in total. The van der Waals surface area contributed by atoms with Gasteiger partial charge in [-0.15, -0.1) is 0 Å². The average molecular weight is 593 g/mol. The summed E-state index contributed by atoms with van der Waals surface area (Å²) in [5.41, 5.74) is -5.12. The Kier molecular flexibility index (Phi) is 6.82. The van der Waals surface area contributed by atoms with E-state index in [1.54, 1.807) is 55.5 Å². The number of pyridine rings is 1. The summed E-state index contributed by atoms with van der Waals surface area (Å²) in [7, 11) is -6.00. The lowest BCUT2D eigenvalue weighted by molar-refractivity contribution is -0.0435. The number of nitrogens with one attached hydrogen (secondary N) is 1. The molecule has 0 saturated carbocycles. The minimum Gasteiger partial charge on any atom is -0.478 e. The largest absolute Gasteiger partial charge is 0.501 e. The molecule has 12 heteroatoms. The van der Waals surface area contributed by atoms with Gasteiger partial charge in [-0.2, -0.15) is 13.2 Å². The van der Waals surface area contributed by atoms with Crippen molar-refractivity contribution in [2.24, 2.45) is 0 Å². The number of amides is 1. The Hall–Kier alpha value is -3.77. The molecule has 3 aromatic carbocycles. The highest BCUT2D eigenvalue weighted by molar-refractivity contribution is 9.10. The van der Waals surface area contributed by atoms with E-state index >= 15 is 0 Å². The molecular formula is C25H16BrF3N2O5S. The van der Waals surface area contributed by atoms with Crippen molar-refractivity contribution in [1.29, 1.82) is 0 Å². The van der Waals surface area contributed by atoms with Crippen molar-refractivity contribution < 1.29 is 36.3 Å². The molecule has 0 fully saturated rings. The molecular weight excluding hydrogens is 577 g/mol. The maximum atomic E-state index is 13.5. The molecule has 0 radical (unpaired) electrons. The van der Waals surface area contributed by atoms with Gasteiger partial charge in [0.2, 0.25) is 0 Å². The van der Waals surface area contributed by atoms with Crippen LogP contribution in [0.15, 0.2) is 76.1 Å². The molecule has 4 rings (SSSR count). The SMILES string of the molecule is Cc1c(-c2ccccc2)nc2ccc(Br)cc2c1C(=O)Nc1ccc(C(=O)O)cc1S(=O)(=O)C(F)(F)F. The van der Waals surface area contributed by atoms with Crippen molar-refractivity contribution >= 4 is 54.2 Å². The van der Waals surface area contributed by atoms with Crippen LogP contribution in [-0.2, 0) is 9.84 Å². The van der Waals surface area contributed by atoms with Gasteiger partial charge in [-0.05, 0) is 48.9 Å². The summed E-state index contributed by atoms with van der Waals surface area (Å²) < 4.78 is 65.3. The van der Waals surface area contributed by atoms with Crippen LogP contribution in [0.4, 0.5) is 18.9 Å². The molecule has 190 valence electrons. The van der Waals surface area contributed by atoms with Crippen LogP contribution in [0, 0.1) is 6.92 Å². The number of fused-ring (bicyclic) bond motifs is 1. The van der Waals surface area contributed by atoms with Crippen LogP contribution < -0.4 is 5.32 Å². The molecule has 1 heterocycles. The van der Waals surface area contributed by atoms with Crippen LogP contribution in [0.1, 0.15) is 26.3 Å². The second-order valence-electron chi connectivity index (χ2n) is 7.91. The van der Waals surface area contributed by atoms with Crippen molar-refractivity contribution in [2.75, 3.05) is 5.32 Å². The van der Waals surface area contributed by atoms with Gasteiger partial charge in [0.25, 0.3) is 15.7 Å². The predicted molar refractivity (Wildman–Crippen MR) is 134 cm³/mol. The zero-order chi connectivity index (χ0) is 27.1. The van der Waals surface area contributed by atoms with Crippen LogP contribution in [0.25, 0.3) is 22.2 Å². The fraction of sp³-hybridized carbons (Fsp3) is 0.0800. The summed E-state index contributed by atoms with van der Waals surface area (Å²) in [6, 6.07) is 16.0. The number of carboxylic acids is 1. The Morgan fingerprint density at radius 1 is 1.00 bits per heavy atom. The lowest BCUT2D eigenvalue weighted by Gasteiger charge is -2.17. The van der Waals surface area contributed by atoms with Crippen molar-refractivity contribution in [3.63, 3.8) is 0 Å². The highest BCUT2D eigenvalue weighted by Gasteiger charge is 2.48. The molecule has 1 amide bonds. The Morgan fingerprint density at radius 2 is 1.68 bits per heavy atom. The van der Waals surface area contributed by atoms with Gasteiger partial charge in [-0.3, -0.25) is 4.79 Å². The number of nitrogens with zero attached hydrogens (tertiary/aromatic N) is 1. The summed E-state index contributed by atoms with van der Waals surface area (Å²) in [5, 5.41) is 11.8. The van der Waals surface area contributed by atoms with Crippen molar-refractivity contribution in [1.82, 2.24) is 4.98 Å². The van der Waals surface area contributed by atoms with Crippen LogP contribution in [0.2, 0.25) is 0 Å². The molecule has 0 aliphatic heterocycles. The Balaban J connectivity index is 1.93. The summed E-state index contributed by atoms with van der Waals surface area (Å²) in [6.07, 6.45) is 0. The number of aromatic carboxylic acids is 1. The van der Waals surface area contributed by atoms with Gasteiger partial charge >= 0.3 is 11.5 Å². The Morgan fingerprint density at radius 3 is 2.30 bits per heavy atom. The number of rotatable bonds is 5. The van der Waals surface area contributed by atoms with E-state index in [4.69, 9.17) is 0 Å². The number of hydrogen-bond acceptors (Lipinski definition) is 5. The van der Waals surface area contributed by atoms with E-state index in [0.717, 1.165) is 12.1 Å². The molecule has 0 aliphatic rings. The molecule has 0 unspecified atom stereocenters. The Bertz CT molecular complexity index is 1670. The zero-order valence-electron chi connectivity index (χ0n) is 18.8. The Labute approximate surface area is 217 Å². The number of carbonyl (C=O) groups is 2. The van der Waals surface area contributed by atoms with E-state index in [-0.39, 0.29) is 5.56 Å². The molecule has 0 bridgehead atoms. The number of carbonyl (C=O) groups excluding carboxylic acids is 1. The van der Waals surface area contributed by atoms with Crippen LogP contribution >= 0.6 is 15.9 Å². The summed E-state index contributed by atoms with van der Waals surface area (Å²) in [5.74, 6) is -2.54. The number of halogens is 4. The van der Waals surface area contributed by atoms with Gasteiger partial charge < -0.3 is 10.4 Å². The van der Waals surface area contributed by atoms with Crippen LogP contribution in [0.5, 0.6) is 0 Å². The van der Waals surface area contributed by atoms with Crippen molar-refractivity contribution in [2.45, 2.75) is 17.3 Å². The van der Waals surface area contributed by atoms with Crippen LogP contribution in [0.3, 0.4) is 0 Å². The van der Waals surface area contributed by atoms with Crippen molar-refractivity contribution in [3.05, 3.63) is 87.9 Å².